The molecule has 1 N–H and O–H groups in total. The van der Waals surface area contributed by atoms with Gasteiger partial charge in [-0.1, -0.05) is 0 Å². The zero-order valence-corrected chi connectivity index (χ0v) is 7.37. The van der Waals surface area contributed by atoms with Gasteiger partial charge in [-0.25, -0.2) is 0 Å². The molecule has 2 heterocycles. The monoisotopic (exact) mass is 167 g/mol. The second-order valence-corrected chi connectivity index (χ2v) is 3.19. The second-order valence-electron chi connectivity index (χ2n) is 3.19. The van der Waals surface area contributed by atoms with Crippen molar-refractivity contribution in [2.24, 2.45) is 7.05 Å². The lowest BCUT2D eigenvalue weighted by atomic mass is 10.2. The molecule has 0 spiro atoms. The number of ether oxygens (including phenoxy) is 1. The molecule has 0 saturated carbocycles. The summed E-state index contributed by atoms with van der Waals surface area (Å²) < 4.78 is 7.38. The van der Waals surface area contributed by atoms with Gasteiger partial charge in [0.1, 0.15) is 6.10 Å². The van der Waals surface area contributed by atoms with Crippen LogP contribution in [0.4, 0.5) is 0 Å². The molecule has 0 amide bonds. The molecule has 1 aliphatic rings. The van der Waals surface area contributed by atoms with Gasteiger partial charge in [0.05, 0.1) is 0 Å². The van der Waals surface area contributed by atoms with E-state index in [9.17, 15) is 0 Å². The maximum absolute atomic E-state index is 5.61. The van der Waals surface area contributed by atoms with Crippen molar-refractivity contribution in [3.8, 4) is 5.88 Å². The zero-order chi connectivity index (χ0) is 8.55. The standard InChI is InChI=1S/C8H13N3O/c1-6-5-11(2)10-8(6)12-7-3-9-4-7/h5,7,9H,3-4H2,1-2H3. The van der Waals surface area contributed by atoms with Crippen molar-refractivity contribution in [2.75, 3.05) is 13.1 Å². The molecule has 0 bridgehead atoms. The molecule has 0 aromatic carbocycles. The third-order valence-corrected chi connectivity index (χ3v) is 1.99. The lowest BCUT2D eigenvalue weighted by Gasteiger charge is -2.26. The van der Waals surface area contributed by atoms with E-state index in [2.05, 4.69) is 10.4 Å². The number of aryl methyl sites for hydroxylation is 2. The summed E-state index contributed by atoms with van der Waals surface area (Å²) in [7, 11) is 1.90. The van der Waals surface area contributed by atoms with Crippen molar-refractivity contribution in [2.45, 2.75) is 13.0 Å². The third kappa shape index (κ3) is 1.30. The highest BCUT2D eigenvalue weighted by Crippen LogP contribution is 2.16. The molecule has 0 unspecified atom stereocenters. The summed E-state index contributed by atoms with van der Waals surface area (Å²) in [5, 5.41) is 7.35. The first-order chi connectivity index (χ1) is 5.75. The fourth-order valence-corrected chi connectivity index (χ4v) is 1.21. The van der Waals surface area contributed by atoms with Gasteiger partial charge in [-0.05, 0) is 6.92 Å². The summed E-state index contributed by atoms with van der Waals surface area (Å²) >= 11 is 0. The van der Waals surface area contributed by atoms with Crippen molar-refractivity contribution in [1.29, 1.82) is 0 Å². The van der Waals surface area contributed by atoms with Crippen LogP contribution in [-0.4, -0.2) is 29.0 Å². The number of nitrogens with one attached hydrogen (secondary N) is 1. The highest BCUT2D eigenvalue weighted by molar-refractivity contribution is 5.21. The van der Waals surface area contributed by atoms with Crippen LogP contribution in [-0.2, 0) is 7.05 Å². The molecule has 0 aliphatic carbocycles. The first kappa shape index (κ1) is 7.61. The Kier molecular flexibility index (Phi) is 1.77. The fraction of sp³-hybridized carbons (Fsp3) is 0.625. The largest absolute Gasteiger partial charge is 0.470 e. The van der Waals surface area contributed by atoms with Gasteiger partial charge in [0.15, 0.2) is 0 Å². The molecule has 4 nitrogen and oxygen atoms in total. The molecule has 12 heavy (non-hydrogen) atoms. The minimum Gasteiger partial charge on any atom is -0.470 e. The Balaban J connectivity index is 2.05. The summed E-state index contributed by atoms with van der Waals surface area (Å²) in [6.45, 7) is 3.89. The van der Waals surface area contributed by atoms with E-state index in [-0.39, 0.29) is 0 Å². The number of hydrogen-bond donors (Lipinski definition) is 1. The van der Waals surface area contributed by atoms with Gasteiger partial charge in [0.2, 0.25) is 5.88 Å². The summed E-state index contributed by atoms with van der Waals surface area (Å²) in [5.41, 5.74) is 1.10. The molecule has 1 saturated heterocycles. The van der Waals surface area contributed by atoms with Crippen LogP contribution in [0.25, 0.3) is 0 Å². The second kappa shape index (κ2) is 2.79. The number of nitrogens with zero attached hydrogens (tertiary/aromatic N) is 2. The predicted molar refractivity (Wildman–Crippen MR) is 45.2 cm³/mol. The average Bonchev–Trinajstić information content (AvgIpc) is 2.21. The zero-order valence-electron chi connectivity index (χ0n) is 7.37. The first-order valence-corrected chi connectivity index (χ1v) is 4.13. The van der Waals surface area contributed by atoms with Gasteiger partial charge in [0.25, 0.3) is 0 Å². The van der Waals surface area contributed by atoms with Crippen LogP contribution in [0.1, 0.15) is 5.56 Å². The highest BCUT2D eigenvalue weighted by Gasteiger charge is 2.20. The van der Waals surface area contributed by atoms with Crippen molar-refractivity contribution < 1.29 is 4.74 Å². The van der Waals surface area contributed by atoms with Crippen molar-refractivity contribution >= 4 is 0 Å². The van der Waals surface area contributed by atoms with E-state index in [1.807, 2.05) is 20.2 Å². The van der Waals surface area contributed by atoms with E-state index >= 15 is 0 Å². The predicted octanol–water partition coefficient (Wildman–Crippen LogP) is 0.0791. The van der Waals surface area contributed by atoms with Crippen LogP contribution in [0.2, 0.25) is 0 Å². The van der Waals surface area contributed by atoms with Crippen LogP contribution in [0.3, 0.4) is 0 Å². The first-order valence-electron chi connectivity index (χ1n) is 4.13. The van der Waals surface area contributed by atoms with Crippen molar-refractivity contribution in [1.82, 2.24) is 15.1 Å². The van der Waals surface area contributed by atoms with Crippen molar-refractivity contribution in [3.05, 3.63) is 11.8 Å². The van der Waals surface area contributed by atoms with E-state index in [0.29, 0.717) is 6.10 Å². The van der Waals surface area contributed by atoms with E-state index in [1.165, 1.54) is 0 Å². The van der Waals surface area contributed by atoms with E-state index < -0.39 is 0 Å². The van der Waals surface area contributed by atoms with Gasteiger partial charge in [0, 0.05) is 31.9 Å². The Morgan fingerprint density at radius 3 is 2.83 bits per heavy atom. The summed E-state index contributed by atoms with van der Waals surface area (Å²) in [4.78, 5) is 0. The van der Waals surface area contributed by atoms with Crippen LogP contribution < -0.4 is 10.1 Å². The Hall–Kier alpha value is -1.03. The third-order valence-electron chi connectivity index (χ3n) is 1.99. The topological polar surface area (TPSA) is 39.1 Å². The average molecular weight is 167 g/mol. The van der Waals surface area contributed by atoms with Crippen molar-refractivity contribution in [3.63, 3.8) is 0 Å². The molecule has 1 aromatic rings. The number of hydrogen-bond acceptors (Lipinski definition) is 3. The molecule has 66 valence electrons. The minimum atomic E-state index is 0.318. The lowest BCUT2D eigenvalue weighted by molar-refractivity contribution is 0.134. The van der Waals surface area contributed by atoms with Gasteiger partial charge in [-0.3, -0.25) is 4.68 Å². The maximum Gasteiger partial charge on any atom is 0.236 e. The van der Waals surface area contributed by atoms with Gasteiger partial charge >= 0.3 is 0 Å². The van der Waals surface area contributed by atoms with Crippen LogP contribution in [0, 0.1) is 6.92 Å². The van der Waals surface area contributed by atoms with Gasteiger partial charge < -0.3 is 10.1 Å². The number of aromatic nitrogens is 2. The molecular weight excluding hydrogens is 154 g/mol. The van der Waals surface area contributed by atoms with E-state index in [0.717, 1.165) is 24.5 Å². The number of rotatable bonds is 2. The normalized spacial score (nSPS) is 17.5. The smallest absolute Gasteiger partial charge is 0.236 e. The fourth-order valence-electron chi connectivity index (χ4n) is 1.21. The molecule has 1 fully saturated rings. The Labute approximate surface area is 71.5 Å². The maximum atomic E-state index is 5.61. The molecule has 2 rings (SSSR count). The lowest BCUT2D eigenvalue weighted by Crippen LogP contribution is -2.50. The minimum absolute atomic E-state index is 0.318. The highest BCUT2D eigenvalue weighted by atomic mass is 16.5. The van der Waals surface area contributed by atoms with E-state index in [1.54, 1.807) is 4.68 Å². The summed E-state index contributed by atoms with van der Waals surface area (Å²) in [5.74, 6) is 0.768. The van der Waals surface area contributed by atoms with Gasteiger partial charge in [-0.2, -0.15) is 0 Å². The molecule has 4 heteroatoms. The van der Waals surface area contributed by atoms with Gasteiger partial charge in [-0.15, -0.1) is 5.10 Å². The van der Waals surface area contributed by atoms with Crippen LogP contribution in [0.5, 0.6) is 5.88 Å². The van der Waals surface area contributed by atoms with Crippen LogP contribution in [0.15, 0.2) is 6.20 Å². The summed E-state index contributed by atoms with van der Waals surface area (Å²) in [6.07, 6.45) is 2.28. The molecule has 0 atom stereocenters. The summed E-state index contributed by atoms with van der Waals surface area (Å²) in [6, 6.07) is 0. The Morgan fingerprint density at radius 1 is 1.67 bits per heavy atom. The molecule has 1 aromatic heterocycles. The molecular formula is C8H13N3O. The van der Waals surface area contributed by atoms with Crippen LogP contribution >= 0.6 is 0 Å². The SMILES string of the molecule is Cc1cn(C)nc1OC1CNC1. The molecule has 0 radical (unpaired) electrons. The Bertz CT molecular complexity index is 278. The quantitative estimate of drug-likeness (QED) is 0.678. The Morgan fingerprint density at radius 2 is 2.42 bits per heavy atom. The molecule has 1 aliphatic heterocycles. The van der Waals surface area contributed by atoms with E-state index in [4.69, 9.17) is 4.74 Å².